The Kier molecular flexibility index (Phi) is 7.01. The number of quaternary nitrogens is 1. The molecule has 0 aliphatic carbocycles. The Bertz CT molecular complexity index is 1190. The quantitative estimate of drug-likeness (QED) is 0.371. The summed E-state index contributed by atoms with van der Waals surface area (Å²) in [5, 5.41) is 0. The molecule has 3 fully saturated rings. The molecule has 3 aliphatic heterocycles. The number of hydrogen-bond donors (Lipinski definition) is 0. The minimum absolute atomic E-state index is 0.143. The van der Waals surface area contributed by atoms with Crippen LogP contribution in [0.15, 0.2) is 72.8 Å². The second-order valence-electron chi connectivity index (χ2n) is 10.0. The number of halogens is 3. The van der Waals surface area contributed by atoms with E-state index in [0.717, 1.165) is 55.5 Å². The van der Waals surface area contributed by atoms with E-state index in [4.69, 9.17) is 4.74 Å². The number of rotatable bonds is 7. The van der Waals surface area contributed by atoms with Gasteiger partial charge in [0, 0.05) is 25.2 Å². The molecule has 1 atom stereocenters. The lowest BCUT2D eigenvalue weighted by Gasteiger charge is -2.52. The summed E-state index contributed by atoms with van der Waals surface area (Å²) in [6, 6.07) is 18.4. The number of anilines is 1. The van der Waals surface area contributed by atoms with Gasteiger partial charge in [-0.1, -0.05) is 30.3 Å². The van der Waals surface area contributed by atoms with Gasteiger partial charge in [0.15, 0.2) is 6.10 Å². The Balaban J connectivity index is 1.30. The lowest BCUT2D eigenvalue weighted by Crippen LogP contribution is -2.65. The molecule has 6 rings (SSSR count). The summed E-state index contributed by atoms with van der Waals surface area (Å²) in [4.78, 5) is 14.9. The van der Waals surface area contributed by atoms with Crippen molar-refractivity contribution >= 4 is 11.8 Å². The van der Waals surface area contributed by atoms with Gasteiger partial charge in [0.2, 0.25) is 0 Å². The van der Waals surface area contributed by atoms with Crippen LogP contribution in [0.2, 0.25) is 0 Å². The minimum Gasteiger partial charge on any atom is -0.440 e. The molecule has 7 heteroatoms. The Morgan fingerprint density at radius 2 is 1.50 bits per heavy atom. The van der Waals surface area contributed by atoms with E-state index in [1.54, 1.807) is 24.3 Å². The van der Waals surface area contributed by atoms with Gasteiger partial charge in [-0.15, -0.1) is 0 Å². The van der Waals surface area contributed by atoms with Crippen molar-refractivity contribution < 1.29 is 27.2 Å². The predicted molar refractivity (Wildman–Crippen MR) is 132 cm³/mol. The van der Waals surface area contributed by atoms with E-state index < -0.39 is 11.9 Å². The Labute approximate surface area is 209 Å². The van der Waals surface area contributed by atoms with Gasteiger partial charge in [0.1, 0.15) is 24.0 Å². The van der Waals surface area contributed by atoms with Crippen LogP contribution in [-0.4, -0.2) is 42.9 Å². The van der Waals surface area contributed by atoms with Crippen molar-refractivity contribution in [1.29, 1.82) is 0 Å². The third-order valence-corrected chi connectivity index (χ3v) is 7.68. The van der Waals surface area contributed by atoms with Crippen LogP contribution in [0.3, 0.4) is 0 Å². The lowest BCUT2D eigenvalue weighted by atomic mass is 9.83. The van der Waals surface area contributed by atoms with Crippen LogP contribution in [0.25, 0.3) is 0 Å². The molecule has 0 saturated carbocycles. The normalized spacial score (nSPS) is 22.9. The first-order valence-electron chi connectivity index (χ1n) is 12.5. The van der Waals surface area contributed by atoms with Gasteiger partial charge in [-0.25, -0.2) is 18.0 Å². The van der Waals surface area contributed by atoms with Crippen LogP contribution in [0.4, 0.5) is 23.7 Å². The first-order valence-corrected chi connectivity index (χ1v) is 12.5. The van der Waals surface area contributed by atoms with Gasteiger partial charge >= 0.3 is 6.09 Å². The molecule has 3 saturated heterocycles. The molecule has 0 aromatic heterocycles. The summed E-state index contributed by atoms with van der Waals surface area (Å²) in [5.74, 6) is -0.738. The highest BCUT2D eigenvalue weighted by Crippen LogP contribution is 2.36. The maximum absolute atomic E-state index is 14.0. The molecule has 0 spiro atoms. The highest BCUT2D eigenvalue weighted by molar-refractivity contribution is 5.87. The van der Waals surface area contributed by atoms with E-state index in [-0.39, 0.29) is 24.3 Å². The fraction of sp³-hybridized carbons (Fsp3) is 0.345. The predicted octanol–water partition coefficient (Wildman–Crippen LogP) is 6.10. The molecule has 4 nitrogen and oxygen atoms in total. The second-order valence-corrected chi connectivity index (χ2v) is 10.0. The fourth-order valence-electron chi connectivity index (χ4n) is 5.56. The van der Waals surface area contributed by atoms with Gasteiger partial charge < -0.3 is 9.22 Å². The van der Waals surface area contributed by atoms with Crippen LogP contribution < -0.4 is 4.90 Å². The number of hydrogen-bond acceptors (Lipinski definition) is 2. The molecule has 0 radical (unpaired) electrons. The zero-order chi connectivity index (χ0) is 25.1. The number of benzene rings is 3. The molecule has 3 aliphatic rings. The standard InChI is InChI=1S/C29H30F3N2O2/c30-24-8-4-21(5-9-24)12-15-34-16-13-23(14-17-34)28(20-34)36-29(35)33(27-3-1-2-26(32)18-27)19-22-6-10-25(31)11-7-22/h1-11,18,23,28H,12-17,19-20H2/q+1/t23?,28-,34?/m0/s1. The van der Waals surface area contributed by atoms with Gasteiger partial charge in [-0.3, -0.25) is 4.90 Å². The van der Waals surface area contributed by atoms with Crippen molar-refractivity contribution in [1.82, 2.24) is 0 Å². The highest BCUT2D eigenvalue weighted by Gasteiger charge is 2.47. The molecular weight excluding hydrogens is 465 g/mol. The van der Waals surface area contributed by atoms with E-state index in [9.17, 15) is 18.0 Å². The molecule has 188 valence electrons. The third-order valence-electron chi connectivity index (χ3n) is 7.68. The molecule has 0 N–H and O–H groups in total. The third kappa shape index (κ3) is 5.57. The van der Waals surface area contributed by atoms with Crippen LogP contribution in [0.1, 0.15) is 24.0 Å². The number of carbonyl (C=O) groups is 1. The summed E-state index contributed by atoms with van der Waals surface area (Å²) in [7, 11) is 0. The van der Waals surface area contributed by atoms with Crippen LogP contribution >= 0.6 is 0 Å². The minimum atomic E-state index is -0.527. The van der Waals surface area contributed by atoms with Crippen molar-refractivity contribution in [2.45, 2.75) is 31.9 Å². The fourth-order valence-corrected chi connectivity index (χ4v) is 5.56. The SMILES string of the molecule is O=C(O[C@H]1C[N+]2(CCc3ccc(F)cc3)CCC1CC2)N(Cc1ccc(F)cc1)c1cccc(F)c1. The van der Waals surface area contributed by atoms with Crippen LogP contribution in [0.5, 0.6) is 0 Å². The van der Waals surface area contributed by atoms with Gasteiger partial charge in [0.05, 0.1) is 31.9 Å². The van der Waals surface area contributed by atoms with Gasteiger partial charge in [0.25, 0.3) is 0 Å². The Morgan fingerprint density at radius 1 is 0.861 bits per heavy atom. The number of carbonyl (C=O) groups excluding carboxylic acids is 1. The van der Waals surface area contributed by atoms with Crippen molar-refractivity contribution in [2.24, 2.45) is 5.92 Å². The zero-order valence-electron chi connectivity index (χ0n) is 20.1. The summed E-state index contributed by atoms with van der Waals surface area (Å²) in [5.41, 5.74) is 2.21. The monoisotopic (exact) mass is 495 g/mol. The number of piperidine rings is 3. The highest BCUT2D eigenvalue weighted by atomic mass is 19.1. The van der Waals surface area contributed by atoms with Gasteiger partial charge in [-0.2, -0.15) is 0 Å². The van der Waals surface area contributed by atoms with Crippen molar-refractivity contribution in [3.63, 3.8) is 0 Å². The summed E-state index contributed by atoms with van der Waals surface area (Å²) in [6.07, 6.45) is 2.06. The van der Waals surface area contributed by atoms with E-state index in [1.165, 1.54) is 41.3 Å². The number of fused-ring (bicyclic) bond motifs is 3. The topological polar surface area (TPSA) is 29.5 Å². The van der Waals surface area contributed by atoms with Crippen molar-refractivity contribution in [2.75, 3.05) is 31.1 Å². The second kappa shape index (κ2) is 10.3. The molecule has 36 heavy (non-hydrogen) atoms. The largest absolute Gasteiger partial charge is 0.440 e. The maximum Gasteiger partial charge on any atom is 0.415 e. The van der Waals surface area contributed by atoms with Crippen molar-refractivity contribution in [3.8, 4) is 0 Å². The van der Waals surface area contributed by atoms with Crippen molar-refractivity contribution in [3.05, 3.63) is 101 Å². The molecular formula is C29H30F3N2O2+. The molecule has 1 amide bonds. The lowest BCUT2D eigenvalue weighted by molar-refractivity contribution is -0.945. The smallest absolute Gasteiger partial charge is 0.415 e. The first-order chi connectivity index (χ1) is 17.4. The number of amides is 1. The number of nitrogens with zero attached hydrogens (tertiary/aromatic N) is 2. The maximum atomic E-state index is 14.0. The summed E-state index contributed by atoms with van der Waals surface area (Å²) in [6.45, 7) is 3.89. The van der Waals surface area contributed by atoms with Crippen LogP contribution in [-0.2, 0) is 17.7 Å². The van der Waals surface area contributed by atoms with E-state index in [2.05, 4.69) is 0 Å². The zero-order valence-corrected chi connectivity index (χ0v) is 20.1. The Morgan fingerprint density at radius 3 is 2.14 bits per heavy atom. The van der Waals surface area contributed by atoms with Gasteiger partial charge in [-0.05, 0) is 53.6 Å². The first kappa shape index (κ1) is 24.4. The molecule has 2 bridgehead atoms. The summed E-state index contributed by atoms with van der Waals surface area (Å²) >= 11 is 0. The Hall–Kier alpha value is -3.32. The van der Waals surface area contributed by atoms with E-state index in [0.29, 0.717) is 17.2 Å². The van der Waals surface area contributed by atoms with E-state index >= 15 is 0 Å². The van der Waals surface area contributed by atoms with E-state index in [1.807, 2.05) is 12.1 Å². The average Bonchev–Trinajstić information content (AvgIpc) is 2.89. The molecule has 0 unspecified atom stereocenters. The molecule has 3 aromatic rings. The molecule has 3 aromatic carbocycles. The van der Waals surface area contributed by atoms with Crippen LogP contribution in [0, 0.1) is 23.4 Å². The number of ether oxygens (including phenoxy) is 1. The summed E-state index contributed by atoms with van der Waals surface area (Å²) < 4.78 is 47.7. The molecule has 3 heterocycles. The average molecular weight is 496 g/mol.